The molecule has 2 aromatic carbocycles. The molecule has 0 amide bonds. The molecule has 3 heteroatoms. The normalized spacial score (nSPS) is 12.4. The van der Waals surface area contributed by atoms with Gasteiger partial charge in [-0.15, -0.1) is 0 Å². The van der Waals surface area contributed by atoms with Crippen molar-refractivity contribution in [2.75, 3.05) is 6.54 Å². The molecule has 1 atom stereocenters. The number of benzene rings is 2. The first-order valence-electron chi connectivity index (χ1n) is 6.78. The van der Waals surface area contributed by atoms with Gasteiger partial charge in [0.1, 0.15) is 5.82 Å². The molecular weight excluding hydrogens is 364 g/mol. The Morgan fingerprint density at radius 2 is 1.80 bits per heavy atom. The Balaban J connectivity index is 2.54. The van der Waals surface area contributed by atoms with E-state index in [9.17, 15) is 4.39 Å². The van der Waals surface area contributed by atoms with Crippen LogP contribution >= 0.6 is 22.6 Å². The van der Waals surface area contributed by atoms with Gasteiger partial charge in [0.15, 0.2) is 0 Å². The Hall–Kier alpha value is -0.940. The molecule has 0 spiro atoms. The highest BCUT2D eigenvalue weighted by Gasteiger charge is 2.18. The summed E-state index contributed by atoms with van der Waals surface area (Å²) in [5.74, 6) is -0.165. The molecule has 0 heterocycles. The third kappa shape index (κ3) is 3.38. The molecule has 0 aromatic heterocycles. The number of aryl methyl sites for hydroxylation is 2. The molecule has 0 bridgehead atoms. The monoisotopic (exact) mass is 383 g/mol. The average molecular weight is 383 g/mol. The first kappa shape index (κ1) is 15.4. The zero-order valence-corrected chi connectivity index (χ0v) is 14.2. The second-order valence-electron chi connectivity index (χ2n) is 5.00. The van der Waals surface area contributed by atoms with E-state index >= 15 is 0 Å². The van der Waals surface area contributed by atoms with Crippen molar-refractivity contribution in [3.05, 3.63) is 68.0 Å². The molecule has 2 rings (SSSR count). The first-order valence-corrected chi connectivity index (χ1v) is 7.86. The Labute approximate surface area is 133 Å². The highest BCUT2D eigenvalue weighted by Crippen LogP contribution is 2.29. The number of rotatable bonds is 4. The highest BCUT2D eigenvalue weighted by molar-refractivity contribution is 14.1. The summed E-state index contributed by atoms with van der Waals surface area (Å²) >= 11 is 2.32. The van der Waals surface area contributed by atoms with Gasteiger partial charge in [-0.25, -0.2) is 4.39 Å². The molecule has 1 unspecified atom stereocenters. The van der Waals surface area contributed by atoms with Crippen molar-refractivity contribution in [3.8, 4) is 0 Å². The summed E-state index contributed by atoms with van der Waals surface area (Å²) in [7, 11) is 0. The van der Waals surface area contributed by atoms with Gasteiger partial charge in [-0.05, 0) is 89.5 Å². The van der Waals surface area contributed by atoms with Gasteiger partial charge in [-0.1, -0.05) is 19.1 Å². The summed E-state index contributed by atoms with van der Waals surface area (Å²) in [4.78, 5) is 0. The van der Waals surface area contributed by atoms with E-state index in [0.29, 0.717) is 0 Å². The topological polar surface area (TPSA) is 12.0 Å². The lowest BCUT2D eigenvalue weighted by Gasteiger charge is -2.23. The van der Waals surface area contributed by atoms with Gasteiger partial charge in [-0.2, -0.15) is 0 Å². The second kappa shape index (κ2) is 6.68. The van der Waals surface area contributed by atoms with E-state index in [2.05, 4.69) is 59.1 Å². The van der Waals surface area contributed by atoms with Gasteiger partial charge in [-0.3, -0.25) is 0 Å². The maximum atomic E-state index is 13.5. The lowest BCUT2D eigenvalue weighted by Crippen LogP contribution is -2.24. The van der Waals surface area contributed by atoms with Gasteiger partial charge in [0.25, 0.3) is 0 Å². The van der Waals surface area contributed by atoms with Crippen LogP contribution in [0.5, 0.6) is 0 Å². The number of hydrogen-bond acceptors (Lipinski definition) is 1. The molecule has 0 saturated heterocycles. The maximum Gasteiger partial charge on any atom is 0.123 e. The quantitative estimate of drug-likeness (QED) is 0.752. The van der Waals surface area contributed by atoms with Crippen LogP contribution < -0.4 is 5.32 Å². The summed E-state index contributed by atoms with van der Waals surface area (Å²) in [5, 5.41) is 3.52. The largest absolute Gasteiger partial charge is 0.307 e. The molecule has 1 nitrogen and oxygen atoms in total. The minimum atomic E-state index is -0.165. The molecule has 0 aliphatic heterocycles. The fourth-order valence-corrected chi connectivity index (χ4v) is 3.22. The zero-order valence-electron chi connectivity index (χ0n) is 12.0. The lowest BCUT2D eigenvalue weighted by atomic mass is 9.91. The van der Waals surface area contributed by atoms with Crippen LogP contribution in [-0.4, -0.2) is 6.54 Å². The van der Waals surface area contributed by atoms with E-state index in [-0.39, 0.29) is 11.9 Å². The van der Waals surface area contributed by atoms with Gasteiger partial charge in [0, 0.05) is 3.57 Å². The minimum absolute atomic E-state index is 0.107. The lowest BCUT2D eigenvalue weighted by molar-refractivity contribution is 0.606. The zero-order chi connectivity index (χ0) is 14.7. The third-order valence-electron chi connectivity index (χ3n) is 3.44. The molecule has 2 aromatic rings. The molecule has 0 aliphatic rings. The standard InChI is InChI=1S/C17H19FIN/c1-4-20-17(13-6-5-7-15(19)10-13)16-11(2)8-14(18)9-12(16)3/h5-10,17,20H,4H2,1-3H3. The van der Waals surface area contributed by atoms with E-state index in [1.165, 1.54) is 14.7 Å². The van der Waals surface area contributed by atoms with E-state index in [4.69, 9.17) is 0 Å². The Kier molecular flexibility index (Phi) is 5.16. The van der Waals surface area contributed by atoms with Gasteiger partial charge < -0.3 is 5.32 Å². The molecule has 0 radical (unpaired) electrons. The summed E-state index contributed by atoms with van der Waals surface area (Å²) in [5.41, 5.74) is 4.38. The Morgan fingerprint density at radius 1 is 1.15 bits per heavy atom. The number of hydrogen-bond donors (Lipinski definition) is 1. The SMILES string of the molecule is CCNC(c1cccc(I)c1)c1c(C)cc(F)cc1C. The van der Waals surface area contributed by atoms with Crippen molar-refractivity contribution >= 4 is 22.6 Å². The van der Waals surface area contributed by atoms with Crippen LogP contribution in [0.3, 0.4) is 0 Å². The van der Waals surface area contributed by atoms with Crippen molar-refractivity contribution in [1.82, 2.24) is 5.32 Å². The van der Waals surface area contributed by atoms with Gasteiger partial charge in [0.05, 0.1) is 6.04 Å². The molecule has 0 aliphatic carbocycles. The van der Waals surface area contributed by atoms with Gasteiger partial charge in [0.2, 0.25) is 0 Å². The van der Waals surface area contributed by atoms with Crippen molar-refractivity contribution in [2.24, 2.45) is 0 Å². The van der Waals surface area contributed by atoms with Crippen LogP contribution in [0, 0.1) is 23.2 Å². The van der Waals surface area contributed by atoms with Crippen LogP contribution in [0.1, 0.15) is 35.2 Å². The Morgan fingerprint density at radius 3 is 2.35 bits per heavy atom. The van der Waals surface area contributed by atoms with E-state index in [0.717, 1.165) is 17.7 Å². The average Bonchev–Trinajstić information content (AvgIpc) is 2.36. The molecule has 106 valence electrons. The fourth-order valence-electron chi connectivity index (χ4n) is 2.65. The molecule has 20 heavy (non-hydrogen) atoms. The third-order valence-corrected chi connectivity index (χ3v) is 4.11. The summed E-state index contributed by atoms with van der Waals surface area (Å²) < 4.78 is 14.7. The van der Waals surface area contributed by atoms with E-state index in [1.54, 1.807) is 12.1 Å². The minimum Gasteiger partial charge on any atom is -0.307 e. The van der Waals surface area contributed by atoms with E-state index < -0.39 is 0 Å². The predicted molar refractivity (Wildman–Crippen MR) is 90.6 cm³/mol. The Bertz CT molecular complexity index is 587. The number of halogens is 2. The predicted octanol–water partition coefficient (Wildman–Crippen LogP) is 4.75. The molecule has 0 saturated carbocycles. The second-order valence-corrected chi connectivity index (χ2v) is 6.24. The molecular formula is C17H19FIN. The fraction of sp³-hybridized carbons (Fsp3) is 0.294. The molecule has 1 N–H and O–H groups in total. The van der Waals surface area contributed by atoms with Gasteiger partial charge >= 0.3 is 0 Å². The maximum absolute atomic E-state index is 13.5. The van der Waals surface area contributed by atoms with Crippen LogP contribution in [0.2, 0.25) is 0 Å². The van der Waals surface area contributed by atoms with Crippen molar-refractivity contribution < 1.29 is 4.39 Å². The van der Waals surface area contributed by atoms with Crippen molar-refractivity contribution in [1.29, 1.82) is 0 Å². The van der Waals surface area contributed by atoms with Crippen molar-refractivity contribution in [3.63, 3.8) is 0 Å². The van der Waals surface area contributed by atoms with Crippen LogP contribution in [0.4, 0.5) is 4.39 Å². The van der Waals surface area contributed by atoms with Crippen LogP contribution in [0.15, 0.2) is 36.4 Å². The van der Waals surface area contributed by atoms with E-state index in [1.807, 2.05) is 13.8 Å². The highest BCUT2D eigenvalue weighted by atomic mass is 127. The number of nitrogens with one attached hydrogen (secondary N) is 1. The molecule has 0 fully saturated rings. The van der Waals surface area contributed by atoms with Crippen LogP contribution in [0.25, 0.3) is 0 Å². The summed E-state index contributed by atoms with van der Waals surface area (Å²) in [6.45, 7) is 6.91. The summed E-state index contributed by atoms with van der Waals surface area (Å²) in [6, 6.07) is 11.8. The smallest absolute Gasteiger partial charge is 0.123 e. The first-order chi connectivity index (χ1) is 9.52. The van der Waals surface area contributed by atoms with Crippen LogP contribution in [-0.2, 0) is 0 Å². The van der Waals surface area contributed by atoms with Crippen molar-refractivity contribution in [2.45, 2.75) is 26.8 Å². The summed E-state index contributed by atoms with van der Waals surface area (Å²) in [6.07, 6.45) is 0.